The number of nitrogens with one attached hydrogen (secondary N) is 1. The lowest BCUT2D eigenvalue weighted by Crippen LogP contribution is -2.30. The van der Waals surface area contributed by atoms with Crippen LogP contribution in [-0.4, -0.2) is 22.1 Å². The standard InChI is InChI=1S/C25H33N3O2/c1-4-20(5-2)25(29)26-18-24-27-22-13-6-7-14-23(22)28(24)15-8-9-16-30-21-12-10-11-19(3)17-21/h6-7,10-14,17,20H,4-5,8-9,15-16,18H2,1-3H3,(H,26,29). The van der Waals surface area contributed by atoms with Crippen molar-refractivity contribution in [2.75, 3.05) is 6.61 Å². The van der Waals surface area contributed by atoms with E-state index in [4.69, 9.17) is 9.72 Å². The molecule has 0 radical (unpaired) electrons. The molecule has 0 atom stereocenters. The van der Waals surface area contributed by atoms with Gasteiger partial charge in [0.1, 0.15) is 11.6 Å². The Morgan fingerprint density at radius 2 is 1.90 bits per heavy atom. The Morgan fingerprint density at radius 3 is 2.67 bits per heavy atom. The summed E-state index contributed by atoms with van der Waals surface area (Å²) in [4.78, 5) is 17.2. The van der Waals surface area contributed by atoms with Crippen molar-refractivity contribution in [1.82, 2.24) is 14.9 Å². The summed E-state index contributed by atoms with van der Waals surface area (Å²) >= 11 is 0. The first-order valence-electron chi connectivity index (χ1n) is 11.0. The van der Waals surface area contributed by atoms with E-state index in [9.17, 15) is 4.79 Å². The molecular formula is C25H33N3O2. The number of fused-ring (bicyclic) bond motifs is 1. The zero-order chi connectivity index (χ0) is 21.3. The largest absolute Gasteiger partial charge is 0.494 e. The molecule has 30 heavy (non-hydrogen) atoms. The van der Waals surface area contributed by atoms with Crippen LogP contribution in [0.2, 0.25) is 0 Å². The zero-order valence-electron chi connectivity index (χ0n) is 18.4. The molecule has 0 aliphatic heterocycles. The van der Waals surface area contributed by atoms with E-state index in [2.05, 4.69) is 48.9 Å². The highest BCUT2D eigenvalue weighted by molar-refractivity contribution is 5.79. The van der Waals surface area contributed by atoms with Gasteiger partial charge in [0.2, 0.25) is 5.91 Å². The summed E-state index contributed by atoms with van der Waals surface area (Å²) in [6, 6.07) is 16.3. The van der Waals surface area contributed by atoms with Crippen LogP contribution in [0.15, 0.2) is 48.5 Å². The predicted octanol–water partition coefficient (Wildman–Crippen LogP) is 5.26. The van der Waals surface area contributed by atoms with Crippen molar-refractivity contribution in [3.8, 4) is 5.75 Å². The molecule has 5 nitrogen and oxygen atoms in total. The highest BCUT2D eigenvalue weighted by Gasteiger charge is 2.16. The van der Waals surface area contributed by atoms with Crippen LogP contribution in [0.1, 0.15) is 50.9 Å². The van der Waals surface area contributed by atoms with E-state index in [0.717, 1.165) is 54.8 Å². The first-order valence-corrected chi connectivity index (χ1v) is 11.0. The second-order valence-electron chi connectivity index (χ2n) is 7.77. The maximum Gasteiger partial charge on any atom is 0.223 e. The van der Waals surface area contributed by atoms with Crippen LogP contribution in [0.3, 0.4) is 0 Å². The fourth-order valence-corrected chi connectivity index (χ4v) is 3.75. The van der Waals surface area contributed by atoms with Gasteiger partial charge in [0.05, 0.1) is 24.2 Å². The maximum atomic E-state index is 12.4. The number of para-hydroxylation sites is 2. The molecular weight excluding hydrogens is 374 g/mol. The molecule has 3 rings (SSSR count). The topological polar surface area (TPSA) is 56.2 Å². The number of unbranched alkanes of at least 4 members (excludes halogenated alkanes) is 1. The third kappa shape index (κ3) is 5.62. The number of hydrogen-bond acceptors (Lipinski definition) is 3. The summed E-state index contributed by atoms with van der Waals surface area (Å²) in [6.45, 7) is 8.19. The number of amides is 1. The van der Waals surface area contributed by atoms with Crippen LogP contribution in [0, 0.1) is 12.8 Å². The van der Waals surface area contributed by atoms with Crippen LogP contribution >= 0.6 is 0 Å². The van der Waals surface area contributed by atoms with Gasteiger partial charge < -0.3 is 14.6 Å². The number of rotatable bonds is 11. The average Bonchev–Trinajstić information content (AvgIpc) is 3.10. The Morgan fingerprint density at radius 1 is 1.10 bits per heavy atom. The predicted molar refractivity (Wildman–Crippen MR) is 122 cm³/mol. The number of aromatic nitrogens is 2. The van der Waals surface area contributed by atoms with E-state index < -0.39 is 0 Å². The summed E-state index contributed by atoms with van der Waals surface area (Å²) in [7, 11) is 0. The van der Waals surface area contributed by atoms with Crippen molar-refractivity contribution >= 4 is 16.9 Å². The van der Waals surface area contributed by atoms with E-state index in [-0.39, 0.29) is 11.8 Å². The van der Waals surface area contributed by atoms with Crippen LogP contribution in [0.25, 0.3) is 11.0 Å². The Labute approximate surface area is 179 Å². The van der Waals surface area contributed by atoms with Gasteiger partial charge in [0, 0.05) is 12.5 Å². The minimum absolute atomic E-state index is 0.0709. The number of carbonyl (C=O) groups excluding carboxylic acids is 1. The molecule has 1 N–H and O–H groups in total. The Balaban J connectivity index is 1.59. The minimum Gasteiger partial charge on any atom is -0.494 e. The first kappa shape index (κ1) is 21.9. The molecule has 0 aliphatic carbocycles. The lowest BCUT2D eigenvalue weighted by Gasteiger charge is -2.14. The molecule has 0 aliphatic rings. The molecule has 3 aromatic rings. The van der Waals surface area contributed by atoms with Crippen LogP contribution in [0.5, 0.6) is 5.75 Å². The van der Waals surface area contributed by atoms with Crippen LogP contribution in [0.4, 0.5) is 0 Å². The van der Waals surface area contributed by atoms with E-state index in [0.29, 0.717) is 13.2 Å². The van der Waals surface area contributed by atoms with Crippen molar-refractivity contribution < 1.29 is 9.53 Å². The molecule has 2 aromatic carbocycles. The van der Waals surface area contributed by atoms with Gasteiger partial charge in [-0.05, 0) is 62.4 Å². The number of nitrogens with zero attached hydrogens (tertiary/aromatic N) is 2. The molecule has 1 heterocycles. The second kappa shape index (κ2) is 10.8. The van der Waals surface area contributed by atoms with Crippen molar-refractivity contribution in [2.45, 2.75) is 59.5 Å². The number of imidazole rings is 1. The minimum atomic E-state index is 0.0709. The molecule has 0 unspecified atom stereocenters. The van der Waals surface area contributed by atoms with Crippen LogP contribution in [-0.2, 0) is 17.9 Å². The molecule has 0 saturated carbocycles. The summed E-state index contributed by atoms with van der Waals surface area (Å²) in [5.74, 6) is 2.02. The van der Waals surface area contributed by atoms with Gasteiger partial charge in [0.15, 0.2) is 0 Å². The number of ether oxygens (including phenoxy) is 1. The van der Waals surface area contributed by atoms with Crippen molar-refractivity contribution in [3.05, 3.63) is 59.9 Å². The molecule has 0 saturated heterocycles. The highest BCUT2D eigenvalue weighted by atomic mass is 16.5. The normalized spacial score (nSPS) is 11.2. The number of hydrogen-bond donors (Lipinski definition) is 1. The Hall–Kier alpha value is -2.82. The molecule has 0 bridgehead atoms. The Bertz CT molecular complexity index is 960. The lowest BCUT2D eigenvalue weighted by atomic mass is 10.0. The summed E-state index contributed by atoms with van der Waals surface area (Å²) in [5.41, 5.74) is 3.29. The number of carbonyl (C=O) groups is 1. The van der Waals surface area contributed by atoms with Gasteiger partial charge in [-0.25, -0.2) is 4.98 Å². The van der Waals surface area contributed by atoms with E-state index >= 15 is 0 Å². The smallest absolute Gasteiger partial charge is 0.223 e. The van der Waals surface area contributed by atoms with Gasteiger partial charge in [-0.1, -0.05) is 38.1 Å². The lowest BCUT2D eigenvalue weighted by molar-refractivity contribution is -0.125. The highest BCUT2D eigenvalue weighted by Crippen LogP contribution is 2.18. The monoisotopic (exact) mass is 407 g/mol. The maximum absolute atomic E-state index is 12.4. The van der Waals surface area contributed by atoms with Gasteiger partial charge in [-0.15, -0.1) is 0 Å². The van der Waals surface area contributed by atoms with Gasteiger partial charge in [0.25, 0.3) is 0 Å². The third-order valence-electron chi connectivity index (χ3n) is 5.55. The zero-order valence-corrected chi connectivity index (χ0v) is 18.4. The molecule has 1 aromatic heterocycles. The fraction of sp³-hybridized carbons (Fsp3) is 0.440. The number of benzene rings is 2. The number of aryl methyl sites for hydroxylation is 2. The van der Waals surface area contributed by atoms with Gasteiger partial charge in [-0.2, -0.15) is 0 Å². The van der Waals surface area contributed by atoms with Crippen LogP contribution < -0.4 is 10.1 Å². The van der Waals surface area contributed by atoms with Crippen molar-refractivity contribution in [2.24, 2.45) is 5.92 Å². The fourth-order valence-electron chi connectivity index (χ4n) is 3.75. The third-order valence-corrected chi connectivity index (χ3v) is 5.55. The van der Waals surface area contributed by atoms with Crippen molar-refractivity contribution in [3.63, 3.8) is 0 Å². The van der Waals surface area contributed by atoms with Gasteiger partial charge >= 0.3 is 0 Å². The average molecular weight is 408 g/mol. The summed E-state index contributed by atoms with van der Waals surface area (Å²) < 4.78 is 8.10. The van der Waals surface area contributed by atoms with Gasteiger partial charge in [-0.3, -0.25) is 4.79 Å². The second-order valence-corrected chi connectivity index (χ2v) is 7.77. The summed E-state index contributed by atoms with van der Waals surface area (Å²) in [5, 5.41) is 3.08. The first-order chi connectivity index (χ1) is 14.6. The molecule has 5 heteroatoms. The van der Waals surface area contributed by atoms with E-state index in [1.54, 1.807) is 0 Å². The summed E-state index contributed by atoms with van der Waals surface area (Å²) in [6.07, 6.45) is 3.67. The molecule has 0 spiro atoms. The SMILES string of the molecule is CCC(CC)C(=O)NCc1nc2ccccc2n1CCCCOc1cccc(C)c1. The molecule has 0 fully saturated rings. The molecule has 160 valence electrons. The quantitative estimate of drug-likeness (QED) is 0.441. The van der Waals surface area contributed by atoms with Crippen molar-refractivity contribution in [1.29, 1.82) is 0 Å². The van der Waals surface area contributed by atoms with E-state index in [1.807, 2.05) is 30.3 Å². The van der Waals surface area contributed by atoms with E-state index in [1.165, 1.54) is 5.56 Å². The Kier molecular flexibility index (Phi) is 7.89. The molecule has 1 amide bonds.